The lowest BCUT2D eigenvalue weighted by molar-refractivity contribution is -0.136. The van der Waals surface area contributed by atoms with E-state index in [9.17, 15) is 14.4 Å². The van der Waals surface area contributed by atoms with Gasteiger partial charge in [-0.3, -0.25) is 4.79 Å². The lowest BCUT2D eigenvalue weighted by atomic mass is 10.1. The van der Waals surface area contributed by atoms with E-state index in [4.69, 9.17) is 13.9 Å². The third-order valence-electron chi connectivity index (χ3n) is 4.16. The second-order valence-electron chi connectivity index (χ2n) is 6.43. The van der Waals surface area contributed by atoms with Gasteiger partial charge in [-0.1, -0.05) is 25.1 Å². The molecule has 0 unspecified atom stereocenters. The van der Waals surface area contributed by atoms with Crippen molar-refractivity contribution in [3.05, 3.63) is 70.1 Å². The molecule has 3 rings (SSSR count). The van der Waals surface area contributed by atoms with Crippen LogP contribution in [-0.2, 0) is 4.79 Å². The minimum Gasteiger partial charge on any atom is -0.482 e. The average molecular weight is 395 g/mol. The number of nitrogens with one attached hydrogen (secondary N) is 1. The summed E-state index contributed by atoms with van der Waals surface area (Å²) in [6, 6.07) is 13.4. The van der Waals surface area contributed by atoms with Crippen molar-refractivity contribution in [1.82, 2.24) is 5.32 Å². The highest BCUT2D eigenvalue weighted by atomic mass is 16.6. The van der Waals surface area contributed by atoms with E-state index >= 15 is 0 Å². The average Bonchev–Trinajstić information content (AvgIpc) is 2.71. The third kappa shape index (κ3) is 5.01. The molecule has 0 saturated heterocycles. The number of carbonyl (C=O) groups excluding carboxylic acids is 2. The zero-order valence-corrected chi connectivity index (χ0v) is 16.2. The van der Waals surface area contributed by atoms with Crippen LogP contribution in [0.3, 0.4) is 0 Å². The predicted octanol–water partition coefficient (Wildman–Crippen LogP) is 3.23. The Balaban J connectivity index is 1.71. The minimum atomic E-state index is -0.752. The van der Waals surface area contributed by atoms with Crippen LogP contribution in [-0.4, -0.2) is 25.0 Å². The lowest BCUT2D eigenvalue weighted by Crippen LogP contribution is -2.28. The van der Waals surface area contributed by atoms with Crippen LogP contribution in [0, 0.1) is 6.92 Å². The van der Waals surface area contributed by atoms with Gasteiger partial charge in [-0.25, -0.2) is 9.59 Å². The van der Waals surface area contributed by atoms with Gasteiger partial charge < -0.3 is 19.2 Å². The second kappa shape index (κ2) is 9.05. The Morgan fingerprint density at radius 2 is 1.90 bits per heavy atom. The Bertz CT molecular complexity index is 1100. The highest BCUT2D eigenvalue weighted by molar-refractivity contribution is 5.96. The fraction of sp³-hybridized carbons (Fsp3) is 0.227. The molecule has 150 valence electrons. The number of hydrogen-bond acceptors (Lipinski definition) is 6. The van der Waals surface area contributed by atoms with Crippen molar-refractivity contribution < 1.29 is 23.5 Å². The van der Waals surface area contributed by atoms with E-state index in [1.165, 1.54) is 12.1 Å². The maximum absolute atomic E-state index is 12.1. The summed E-state index contributed by atoms with van der Waals surface area (Å²) < 4.78 is 15.9. The molecule has 29 heavy (non-hydrogen) atoms. The molecule has 1 N–H and O–H groups in total. The van der Waals surface area contributed by atoms with Crippen molar-refractivity contribution in [2.45, 2.75) is 20.3 Å². The smallest absolute Gasteiger partial charge is 0.349 e. The van der Waals surface area contributed by atoms with Crippen molar-refractivity contribution in [1.29, 1.82) is 0 Å². The molecule has 0 atom stereocenters. The third-order valence-corrected chi connectivity index (χ3v) is 4.16. The first kappa shape index (κ1) is 20.1. The fourth-order valence-electron chi connectivity index (χ4n) is 2.66. The van der Waals surface area contributed by atoms with Gasteiger partial charge in [-0.15, -0.1) is 0 Å². The fourth-order valence-corrected chi connectivity index (χ4v) is 2.66. The molecule has 1 amide bonds. The zero-order valence-electron chi connectivity index (χ0n) is 16.2. The van der Waals surface area contributed by atoms with Gasteiger partial charge in [0.1, 0.15) is 22.6 Å². The van der Waals surface area contributed by atoms with E-state index in [1.807, 2.05) is 32.0 Å². The molecule has 0 aliphatic rings. The standard InChI is InChI=1S/C22H21NO6/c1-3-10-23-21(25)17-11-15-8-9-16(12-19(15)29-22(17)26)28-20(24)13-27-18-7-5-4-6-14(18)2/h4-9,11-12H,3,10,13H2,1-2H3,(H,23,25). The molecule has 0 aliphatic carbocycles. The van der Waals surface area contributed by atoms with Gasteiger partial charge >= 0.3 is 11.6 Å². The topological polar surface area (TPSA) is 94.8 Å². The number of rotatable bonds is 7. The molecule has 1 heterocycles. The minimum absolute atomic E-state index is 0.0673. The molecule has 1 aromatic heterocycles. The quantitative estimate of drug-likeness (QED) is 0.375. The maximum atomic E-state index is 12.1. The molecule has 0 aliphatic heterocycles. The first-order chi connectivity index (χ1) is 14.0. The largest absolute Gasteiger partial charge is 0.482 e. The van der Waals surface area contributed by atoms with Crippen LogP contribution in [0.2, 0.25) is 0 Å². The molecular formula is C22H21NO6. The van der Waals surface area contributed by atoms with E-state index in [0.717, 1.165) is 12.0 Å². The first-order valence-electron chi connectivity index (χ1n) is 9.23. The van der Waals surface area contributed by atoms with Gasteiger partial charge in [0, 0.05) is 18.0 Å². The van der Waals surface area contributed by atoms with Crippen LogP contribution >= 0.6 is 0 Å². The van der Waals surface area contributed by atoms with Gasteiger partial charge in [-0.05, 0) is 43.2 Å². The number of fused-ring (bicyclic) bond motifs is 1. The van der Waals surface area contributed by atoms with Gasteiger partial charge in [-0.2, -0.15) is 0 Å². The van der Waals surface area contributed by atoms with Crippen molar-refractivity contribution in [3.63, 3.8) is 0 Å². The van der Waals surface area contributed by atoms with Crippen LogP contribution in [0.4, 0.5) is 0 Å². The Kier molecular flexibility index (Phi) is 6.29. The van der Waals surface area contributed by atoms with E-state index in [0.29, 0.717) is 17.7 Å². The second-order valence-corrected chi connectivity index (χ2v) is 6.43. The number of esters is 1. The number of hydrogen-bond donors (Lipinski definition) is 1. The normalized spacial score (nSPS) is 10.6. The highest BCUT2D eigenvalue weighted by Crippen LogP contribution is 2.21. The molecule has 3 aromatic rings. The SMILES string of the molecule is CCCNC(=O)c1cc2ccc(OC(=O)COc3ccccc3C)cc2oc1=O. The molecular weight excluding hydrogens is 374 g/mol. The van der Waals surface area contributed by atoms with E-state index < -0.39 is 17.5 Å². The zero-order chi connectivity index (χ0) is 20.8. The molecule has 0 saturated carbocycles. The summed E-state index contributed by atoms with van der Waals surface area (Å²) in [5.74, 6) is -0.262. The summed E-state index contributed by atoms with van der Waals surface area (Å²) in [7, 11) is 0. The summed E-state index contributed by atoms with van der Waals surface area (Å²) in [4.78, 5) is 36.2. The number of ether oxygens (including phenoxy) is 2. The molecule has 2 aromatic carbocycles. The molecule has 7 nitrogen and oxygen atoms in total. The van der Waals surface area contributed by atoms with E-state index in [-0.39, 0.29) is 23.5 Å². The Morgan fingerprint density at radius 1 is 1.10 bits per heavy atom. The van der Waals surface area contributed by atoms with Crippen molar-refractivity contribution in [2.75, 3.05) is 13.2 Å². The first-order valence-corrected chi connectivity index (χ1v) is 9.23. The molecule has 7 heteroatoms. The lowest BCUT2D eigenvalue weighted by Gasteiger charge is -2.09. The van der Waals surface area contributed by atoms with Gasteiger partial charge in [0.05, 0.1) is 0 Å². The summed E-state index contributed by atoms with van der Waals surface area (Å²) in [6.07, 6.45) is 0.757. The van der Waals surface area contributed by atoms with E-state index in [1.54, 1.807) is 18.2 Å². The summed E-state index contributed by atoms with van der Waals surface area (Å²) in [5, 5.41) is 3.18. The number of aryl methyl sites for hydroxylation is 1. The van der Waals surface area contributed by atoms with Crippen molar-refractivity contribution >= 4 is 22.8 Å². The van der Waals surface area contributed by atoms with Crippen LogP contribution < -0.4 is 20.4 Å². The number of para-hydroxylation sites is 1. The molecule has 0 radical (unpaired) electrons. The van der Waals surface area contributed by atoms with Crippen LogP contribution in [0.1, 0.15) is 29.3 Å². The Labute approximate surface area is 167 Å². The van der Waals surface area contributed by atoms with Crippen molar-refractivity contribution in [2.24, 2.45) is 0 Å². The summed E-state index contributed by atoms with van der Waals surface area (Å²) in [5.41, 5.74) is 0.304. The molecule has 0 bridgehead atoms. The maximum Gasteiger partial charge on any atom is 0.349 e. The number of amides is 1. The Hall–Kier alpha value is -3.61. The van der Waals surface area contributed by atoms with Gasteiger partial charge in [0.2, 0.25) is 0 Å². The summed E-state index contributed by atoms with van der Waals surface area (Å²) in [6.45, 7) is 4.00. The van der Waals surface area contributed by atoms with Crippen LogP contribution in [0.25, 0.3) is 11.0 Å². The van der Waals surface area contributed by atoms with Gasteiger partial charge in [0.25, 0.3) is 5.91 Å². The van der Waals surface area contributed by atoms with Crippen LogP contribution in [0.15, 0.2) is 57.7 Å². The Morgan fingerprint density at radius 3 is 2.66 bits per heavy atom. The van der Waals surface area contributed by atoms with Crippen LogP contribution in [0.5, 0.6) is 11.5 Å². The number of benzene rings is 2. The number of carbonyl (C=O) groups is 2. The monoisotopic (exact) mass is 395 g/mol. The molecule has 0 fully saturated rings. The predicted molar refractivity (Wildman–Crippen MR) is 107 cm³/mol. The van der Waals surface area contributed by atoms with E-state index in [2.05, 4.69) is 5.32 Å². The summed E-state index contributed by atoms with van der Waals surface area (Å²) >= 11 is 0. The highest BCUT2D eigenvalue weighted by Gasteiger charge is 2.14. The van der Waals surface area contributed by atoms with Crippen molar-refractivity contribution in [3.8, 4) is 11.5 Å². The van der Waals surface area contributed by atoms with Gasteiger partial charge in [0.15, 0.2) is 6.61 Å². The molecule has 0 spiro atoms.